The second-order valence-electron chi connectivity index (χ2n) is 4.85. The molecule has 0 radical (unpaired) electrons. The van der Waals surface area contributed by atoms with Crippen LogP contribution < -0.4 is 11.1 Å². The van der Waals surface area contributed by atoms with E-state index in [-0.39, 0.29) is 17.9 Å². The zero-order chi connectivity index (χ0) is 13.9. The molecule has 2 heterocycles. The predicted molar refractivity (Wildman–Crippen MR) is 74.9 cm³/mol. The zero-order valence-electron chi connectivity index (χ0n) is 10.9. The van der Waals surface area contributed by atoms with Gasteiger partial charge in [0, 0.05) is 23.5 Å². The van der Waals surface area contributed by atoms with Crippen LogP contribution in [-0.2, 0) is 9.53 Å². The number of carbonyl (C=O) groups excluding carboxylic acids is 1. The highest BCUT2D eigenvalue weighted by Crippen LogP contribution is 2.21. The first kappa shape index (κ1) is 12.8. The van der Waals surface area contributed by atoms with Crippen LogP contribution in [0.5, 0.6) is 0 Å². The highest BCUT2D eigenvalue weighted by atomic mass is 16.5. The second-order valence-corrected chi connectivity index (χ2v) is 4.85. The van der Waals surface area contributed by atoms with Crippen LogP contribution in [0.25, 0.3) is 11.3 Å². The minimum Gasteiger partial charge on any atom is -0.379 e. The fourth-order valence-electron chi connectivity index (χ4n) is 2.26. The third-order valence-corrected chi connectivity index (χ3v) is 3.40. The molecule has 1 aliphatic heterocycles. The molecular weight excluding hydrogens is 256 g/mol. The molecule has 2 unspecified atom stereocenters. The first-order chi connectivity index (χ1) is 9.74. The van der Waals surface area contributed by atoms with Crippen LogP contribution in [0.2, 0.25) is 0 Å². The van der Waals surface area contributed by atoms with Crippen LogP contribution in [0.15, 0.2) is 36.5 Å². The summed E-state index contributed by atoms with van der Waals surface area (Å²) >= 11 is 0. The number of H-pyrrole nitrogens is 1. The number of anilines is 1. The van der Waals surface area contributed by atoms with Crippen molar-refractivity contribution < 1.29 is 9.53 Å². The Bertz CT molecular complexity index is 597. The minimum absolute atomic E-state index is 0.100. The number of nitrogens with two attached hydrogens (primary N) is 1. The maximum absolute atomic E-state index is 12.1. The second kappa shape index (κ2) is 5.44. The van der Waals surface area contributed by atoms with Gasteiger partial charge in [-0.05, 0) is 18.2 Å². The van der Waals surface area contributed by atoms with Gasteiger partial charge in [0.2, 0.25) is 5.91 Å². The van der Waals surface area contributed by atoms with Gasteiger partial charge in [-0.25, -0.2) is 0 Å². The van der Waals surface area contributed by atoms with Crippen molar-refractivity contribution >= 4 is 11.6 Å². The van der Waals surface area contributed by atoms with Crippen LogP contribution in [0.1, 0.15) is 0 Å². The maximum atomic E-state index is 12.1. The number of nitrogens with zero attached hydrogens (tertiary/aromatic N) is 1. The summed E-state index contributed by atoms with van der Waals surface area (Å²) in [6.45, 7) is 0.819. The van der Waals surface area contributed by atoms with Gasteiger partial charge in [-0.15, -0.1) is 0 Å². The van der Waals surface area contributed by atoms with Gasteiger partial charge < -0.3 is 15.8 Å². The average Bonchev–Trinajstić information content (AvgIpc) is 3.09. The summed E-state index contributed by atoms with van der Waals surface area (Å²) in [5.41, 5.74) is 8.45. The Balaban J connectivity index is 1.74. The first-order valence-electron chi connectivity index (χ1n) is 6.48. The third-order valence-electron chi connectivity index (χ3n) is 3.40. The summed E-state index contributed by atoms with van der Waals surface area (Å²) in [6, 6.07) is 9.23. The molecule has 0 spiro atoms. The highest BCUT2D eigenvalue weighted by molar-refractivity contribution is 5.93. The summed E-state index contributed by atoms with van der Waals surface area (Å²) in [7, 11) is 0. The molecule has 1 aromatic heterocycles. The summed E-state index contributed by atoms with van der Waals surface area (Å²) in [4.78, 5) is 12.1. The van der Waals surface area contributed by atoms with E-state index in [0.29, 0.717) is 13.2 Å². The standard InChI is InChI=1S/C14H16N4O2/c15-12-8-20-7-11(12)14(19)17-10-3-1-2-9(6-10)13-4-5-16-18-13/h1-6,11-12H,7-8,15H2,(H,16,18)(H,17,19). The van der Waals surface area contributed by atoms with E-state index in [4.69, 9.17) is 10.5 Å². The Morgan fingerprint density at radius 2 is 2.30 bits per heavy atom. The van der Waals surface area contributed by atoms with Crippen LogP contribution in [0, 0.1) is 5.92 Å². The van der Waals surface area contributed by atoms with E-state index < -0.39 is 0 Å². The molecule has 3 rings (SSSR count). The van der Waals surface area contributed by atoms with Crippen molar-refractivity contribution in [1.82, 2.24) is 10.2 Å². The molecule has 6 nitrogen and oxygen atoms in total. The summed E-state index contributed by atoms with van der Waals surface area (Å²) < 4.78 is 5.21. The Morgan fingerprint density at radius 3 is 3.00 bits per heavy atom. The van der Waals surface area contributed by atoms with Gasteiger partial charge in [-0.3, -0.25) is 9.89 Å². The molecule has 0 saturated carbocycles. The number of hydrogen-bond donors (Lipinski definition) is 3. The zero-order valence-corrected chi connectivity index (χ0v) is 10.9. The number of ether oxygens (including phenoxy) is 1. The minimum atomic E-state index is -0.286. The van der Waals surface area contributed by atoms with E-state index in [1.54, 1.807) is 6.20 Å². The van der Waals surface area contributed by atoms with Crippen LogP contribution >= 0.6 is 0 Å². The molecule has 1 aliphatic rings. The van der Waals surface area contributed by atoms with Gasteiger partial charge in [0.1, 0.15) is 0 Å². The van der Waals surface area contributed by atoms with E-state index in [1.807, 2.05) is 30.3 Å². The summed E-state index contributed by atoms with van der Waals surface area (Å²) in [6.07, 6.45) is 1.69. The van der Waals surface area contributed by atoms with E-state index in [0.717, 1.165) is 16.9 Å². The fraction of sp³-hybridized carbons (Fsp3) is 0.286. The van der Waals surface area contributed by atoms with Gasteiger partial charge in [0.15, 0.2) is 0 Å². The van der Waals surface area contributed by atoms with Crippen LogP contribution in [-0.4, -0.2) is 35.4 Å². The van der Waals surface area contributed by atoms with Crippen molar-refractivity contribution in [2.75, 3.05) is 18.5 Å². The quantitative estimate of drug-likeness (QED) is 0.776. The molecule has 104 valence electrons. The Kier molecular flexibility index (Phi) is 3.49. The third kappa shape index (κ3) is 2.56. The molecule has 2 atom stereocenters. The number of amides is 1. The lowest BCUT2D eigenvalue weighted by Gasteiger charge is -2.13. The number of nitrogens with one attached hydrogen (secondary N) is 2. The highest BCUT2D eigenvalue weighted by Gasteiger charge is 2.31. The van der Waals surface area contributed by atoms with Crippen LogP contribution in [0.3, 0.4) is 0 Å². The molecule has 6 heteroatoms. The van der Waals surface area contributed by atoms with Crippen molar-refractivity contribution in [3.8, 4) is 11.3 Å². The van der Waals surface area contributed by atoms with Gasteiger partial charge >= 0.3 is 0 Å². The Hall–Kier alpha value is -2.18. The van der Waals surface area contributed by atoms with Crippen molar-refractivity contribution in [1.29, 1.82) is 0 Å². The number of hydrogen-bond acceptors (Lipinski definition) is 4. The maximum Gasteiger partial charge on any atom is 0.231 e. The Morgan fingerprint density at radius 1 is 1.40 bits per heavy atom. The lowest BCUT2D eigenvalue weighted by Crippen LogP contribution is -2.37. The summed E-state index contributed by atoms with van der Waals surface area (Å²) in [5, 5.41) is 9.69. The smallest absolute Gasteiger partial charge is 0.231 e. The lowest BCUT2D eigenvalue weighted by molar-refractivity contribution is -0.120. The molecule has 1 aromatic carbocycles. The average molecular weight is 272 g/mol. The van der Waals surface area contributed by atoms with Crippen molar-refractivity contribution in [3.63, 3.8) is 0 Å². The van der Waals surface area contributed by atoms with E-state index >= 15 is 0 Å². The van der Waals surface area contributed by atoms with Gasteiger partial charge in [0.25, 0.3) is 0 Å². The molecule has 2 aromatic rings. The molecular formula is C14H16N4O2. The van der Waals surface area contributed by atoms with Gasteiger partial charge in [-0.1, -0.05) is 12.1 Å². The molecule has 1 amide bonds. The van der Waals surface area contributed by atoms with Gasteiger partial charge in [0.05, 0.1) is 24.8 Å². The number of rotatable bonds is 3. The monoisotopic (exact) mass is 272 g/mol. The number of aromatic nitrogens is 2. The molecule has 0 aliphatic carbocycles. The normalized spacial score (nSPS) is 21.9. The van der Waals surface area contributed by atoms with Gasteiger partial charge in [-0.2, -0.15) is 5.10 Å². The number of aromatic amines is 1. The van der Waals surface area contributed by atoms with Crippen molar-refractivity contribution in [2.45, 2.75) is 6.04 Å². The van der Waals surface area contributed by atoms with Crippen molar-refractivity contribution in [2.24, 2.45) is 11.7 Å². The van der Waals surface area contributed by atoms with E-state index in [9.17, 15) is 4.79 Å². The van der Waals surface area contributed by atoms with Crippen molar-refractivity contribution in [3.05, 3.63) is 36.5 Å². The molecule has 0 bridgehead atoms. The first-order valence-corrected chi connectivity index (χ1v) is 6.48. The molecule has 1 saturated heterocycles. The molecule has 20 heavy (non-hydrogen) atoms. The fourth-order valence-corrected chi connectivity index (χ4v) is 2.26. The number of carbonyl (C=O) groups is 1. The van der Waals surface area contributed by atoms with E-state index in [2.05, 4.69) is 15.5 Å². The van der Waals surface area contributed by atoms with Crippen LogP contribution in [0.4, 0.5) is 5.69 Å². The molecule has 4 N–H and O–H groups in total. The topological polar surface area (TPSA) is 93.0 Å². The Labute approximate surface area is 116 Å². The SMILES string of the molecule is NC1COCC1C(=O)Nc1cccc(-c2ccn[nH]2)c1. The molecule has 1 fully saturated rings. The number of benzene rings is 1. The lowest BCUT2D eigenvalue weighted by atomic mass is 10.0. The predicted octanol–water partition coefficient (Wildman–Crippen LogP) is 0.989. The largest absolute Gasteiger partial charge is 0.379 e. The summed E-state index contributed by atoms with van der Waals surface area (Å²) in [5.74, 6) is -0.387. The van der Waals surface area contributed by atoms with E-state index in [1.165, 1.54) is 0 Å².